The number of rotatable bonds is 9. The van der Waals surface area contributed by atoms with Gasteiger partial charge in [-0.25, -0.2) is 0 Å². The van der Waals surface area contributed by atoms with Crippen LogP contribution in [-0.2, 0) is 11.3 Å². The number of hydrogen-bond donors (Lipinski definition) is 1. The molecule has 0 heterocycles. The normalized spacial score (nSPS) is 16.4. The molecule has 1 aliphatic rings. The molecule has 25 heavy (non-hydrogen) atoms. The van der Waals surface area contributed by atoms with Gasteiger partial charge in [0.25, 0.3) is 0 Å². The zero-order chi connectivity index (χ0) is 17.4. The Hall–Kier alpha value is -1.01. The summed E-state index contributed by atoms with van der Waals surface area (Å²) in [5.74, 6) is 1.39. The van der Waals surface area contributed by atoms with Gasteiger partial charge in [-0.2, -0.15) is 0 Å². The van der Waals surface area contributed by atoms with Crippen LogP contribution in [0.5, 0.6) is 11.5 Å². The van der Waals surface area contributed by atoms with Crippen LogP contribution in [0.15, 0.2) is 18.2 Å². The number of nitrogens with zero attached hydrogens (tertiary/aromatic N) is 1. The number of ether oxygens (including phenoxy) is 3. The second-order valence-electron chi connectivity index (χ2n) is 6.59. The van der Waals surface area contributed by atoms with Gasteiger partial charge in [0, 0.05) is 12.6 Å². The van der Waals surface area contributed by atoms with Crippen molar-refractivity contribution in [3.63, 3.8) is 0 Å². The smallest absolute Gasteiger partial charge is 0.161 e. The molecule has 1 aromatic carbocycles. The van der Waals surface area contributed by atoms with Crippen molar-refractivity contribution in [3.8, 4) is 11.5 Å². The molecular formula is C19H32ClNO4. The number of methoxy groups -OCH3 is 2. The summed E-state index contributed by atoms with van der Waals surface area (Å²) >= 11 is 0. The molecule has 1 fully saturated rings. The van der Waals surface area contributed by atoms with Gasteiger partial charge < -0.3 is 24.2 Å². The van der Waals surface area contributed by atoms with E-state index in [0.717, 1.165) is 5.56 Å². The first kappa shape index (κ1) is 22.0. The Morgan fingerprint density at radius 2 is 1.80 bits per heavy atom. The first-order valence-electron chi connectivity index (χ1n) is 8.81. The van der Waals surface area contributed by atoms with Gasteiger partial charge in [0.05, 0.1) is 33.5 Å². The molecule has 0 bridgehead atoms. The Labute approximate surface area is 157 Å². The van der Waals surface area contributed by atoms with Crippen LogP contribution in [-0.4, -0.2) is 56.6 Å². The molecule has 0 saturated heterocycles. The van der Waals surface area contributed by atoms with E-state index in [0.29, 0.717) is 37.3 Å². The van der Waals surface area contributed by atoms with Crippen LogP contribution in [0.2, 0.25) is 0 Å². The van der Waals surface area contributed by atoms with Gasteiger partial charge in [0.15, 0.2) is 11.5 Å². The van der Waals surface area contributed by atoms with Gasteiger partial charge in [0.2, 0.25) is 0 Å². The van der Waals surface area contributed by atoms with Crippen molar-refractivity contribution < 1.29 is 19.3 Å². The van der Waals surface area contributed by atoms with Crippen LogP contribution in [0.3, 0.4) is 0 Å². The Kier molecular flexibility index (Phi) is 10.2. The van der Waals surface area contributed by atoms with Crippen molar-refractivity contribution in [2.45, 2.75) is 50.9 Å². The molecule has 0 aromatic heterocycles. The molecule has 2 rings (SSSR count). The van der Waals surface area contributed by atoms with Crippen molar-refractivity contribution in [1.82, 2.24) is 4.90 Å². The average Bonchev–Trinajstić information content (AvgIpc) is 2.62. The lowest BCUT2D eigenvalue weighted by Gasteiger charge is -2.32. The fourth-order valence-electron chi connectivity index (χ4n) is 3.34. The number of aliphatic hydroxyl groups excluding tert-OH is 1. The minimum Gasteiger partial charge on any atom is -0.493 e. The van der Waals surface area contributed by atoms with E-state index >= 15 is 0 Å². The van der Waals surface area contributed by atoms with E-state index < -0.39 is 6.10 Å². The molecule has 1 saturated carbocycles. The highest BCUT2D eigenvalue weighted by atomic mass is 35.5. The Morgan fingerprint density at radius 3 is 2.44 bits per heavy atom. The Bertz CT molecular complexity index is 494. The number of aliphatic hydroxyl groups is 1. The summed E-state index contributed by atoms with van der Waals surface area (Å²) in [7, 11) is 5.34. The number of likely N-dealkylation sites (N-methyl/N-ethyl adjacent to an activating group) is 1. The van der Waals surface area contributed by atoms with Gasteiger partial charge >= 0.3 is 0 Å². The molecule has 1 aliphatic carbocycles. The fraction of sp³-hybridized carbons (Fsp3) is 0.684. The molecule has 5 nitrogen and oxygen atoms in total. The third kappa shape index (κ3) is 7.02. The lowest BCUT2D eigenvalue weighted by atomic mass is 9.94. The van der Waals surface area contributed by atoms with Crippen molar-refractivity contribution in [2.24, 2.45) is 0 Å². The molecule has 1 N–H and O–H groups in total. The second-order valence-corrected chi connectivity index (χ2v) is 6.59. The molecule has 144 valence electrons. The van der Waals surface area contributed by atoms with Crippen molar-refractivity contribution in [2.75, 3.05) is 34.4 Å². The molecule has 0 spiro atoms. The number of hydrogen-bond acceptors (Lipinski definition) is 5. The van der Waals surface area contributed by atoms with Gasteiger partial charge in [-0.1, -0.05) is 25.3 Å². The number of halogens is 1. The lowest BCUT2D eigenvalue weighted by molar-refractivity contribution is 0.00484. The van der Waals surface area contributed by atoms with E-state index in [4.69, 9.17) is 14.2 Å². The minimum atomic E-state index is -0.461. The van der Waals surface area contributed by atoms with Gasteiger partial charge in [-0.15, -0.1) is 12.4 Å². The predicted molar refractivity (Wildman–Crippen MR) is 102 cm³/mol. The second kappa shape index (κ2) is 11.6. The highest BCUT2D eigenvalue weighted by Crippen LogP contribution is 2.27. The highest BCUT2D eigenvalue weighted by Gasteiger charge is 2.20. The van der Waals surface area contributed by atoms with E-state index in [9.17, 15) is 5.11 Å². The summed E-state index contributed by atoms with van der Waals surface area (Å²) in [5, 5.41) is 10.2. The standard InChI is InChI=1S/C19H31NO4.ClH/c1-20(16-7-5-4-6-8-16)12-17(21)14-24-13-15-9-10-18(22-2)19(11-15)23-3;/h9-11,16-17,21H,4-8,12-14H2,1-3H3;1H. The largest absolute Gasteiger partial charge is 0.493 e. The molecule has 0 radical (unpaired) electrons. The maximum Gasteiger partial charge on any atom is 0.161 e. The maximum absolute atomic E-state index is 10.2. The van der Waals surface area contributed by atoms with E-state index in [1.54, 1.807) is 14.2 Å². The summed E-state index contributed by atoms with van der Waals surface area (Å²) < 4.78 is 16.2. The molecule has 1 unspecified atom stereocenters. The van der Waals surface area contributed by atoms with Crippen LogP contribution in [0, 0.1) is 0 Å². The lowest BCUT2D eigenvalue weighted by Crippen LogP contribution is -2.40. The summed E-state index contributed by atoms with van der Waals surface area (Å²) in [4.78, 5) is 2.28. The third-order valence-electron chi connectivity index (χ3n) is 4.72. The summed E-state index contributed by atoms with van der Waals surface area (Å²) in [6, 6.07) is 6.32. The third-order valence-corrected chi connectivity index (χ3v) is 4.72. The van der Waals surface area contributed by atoms with E-state index in [1.807, 2.05) is 18.2 Å². The SMILES string of the molecule is COc1ccc(COCC(O)CN(C)C2CCCCC2)cc1OC.Cl. The summed E-state index contributed by atoms with van der Waals surface area (Å²) in [6.07, 6.45) is 5.99. The van der Waals surface area contributed by atoms with E-state index in [2.05, 4.69) is 11.9 Å². The van der Waals surface area contributed by atoms with Crippen LogP contribution >= 0.6 is 12.4 Å². The molecule has 0 amide bonds. The van der Waals surface area contributed by atoms with Crippen LogP contribution in [0.1, 0.15) is 37.7 Å². The van der Waals surface area contributed by atoms with Gasteiger partial charge in [-0.05, 0) is 37.6 Å². The zero-order valence-corrected chi connectivity index (χ0v) is 16.4. The monoisotopic (exact) mass is 373 g/mol. The van der Waals surface area contributed by atoms with Crippen LogP contribution in [0.25, 0.3) is 0 Å². The molecular weight excluding hydrogens is 342 g/mol. The average molecular weight is 374 g/mol. The van der Waals surface area contributed by atoms with Crippen LogP contribution in [0.4, 0.5) is 0 Å². The molecule has 1 aromatic rings. The van der Waals surface area contributed by atoms with Gasteiger partial charge in [0.1, 0.15) is 0 Å². The predicted octanol–water partition coefficient (Wildman–Crippen LogP) is 3.27. The highest BCUT2D eigenvalue weighted by molar-refractivity contribution is 5.85. The summed E-state index contributed by atoms with van der Waals surface area (Å²) in [6.45, 7) is 1.45. The zero-order valence-electron chi connectivity index (χ0n) is 15.6. The first-order chi connectivity index (χ1) is 11.6. The fourth-order valence-corrected chi connectivity index (χ4v) is 3.34. The van der Waals surface area contributed by atoms with Crippen molar-refractivity contribution in [1.29, 1.82) is 0 Å². The van der Waals surface area contributed by atoms with E-state index in [-0.39, 0.29) is 12.4 Å². The quantitative estimate of drug-likeness (QED) is 0.720. The molecule has 6 heteroatoms. The first-order valence-corrected chi connectivity index (χ1v) is 8.81. The van der Waals surface area contributed by atoms with Crippen molar-refractivity contribution >= 4 is 12.4 Å². The molecule has 0 aliphatic heterocycles. The van der Waals surface area contributed by atoms with Gasteiger partial charge in [-0.3, -0.25) is 0 Å². The molecule has 1 atom stereocenters. The number of benzene rings is 1. The topological polar surface area (TPSA) is 51.2 Å². The summed E-state index contributed by atoms with van der Waals surface area (Å²) in [5.41, 5.74) is 1.00. The minimum absolute atomic E-state index is 0. The maximum atomic E-state index is 10.2. The van der Waals surface area contributed by atoms with Crippen molar-refractivity contribution in [3.05, 3.63) is 23.8 Å². The van der Waals surface area contributed by atoms with Crippen LogP contribution < -0.4 is 9.47 Å². The Balaban J connectivity index is 0.00000312. The van der Waals surface area contributed by atoms with E-state index in [1.165, 1.54) is 32.1 Å². The Morgan fingerprint density at radius 1 is 1.12 bits per heavy atom.